The molecule has 1 aromatic carbocycles. The fourth-order valence-corrected chi connectivity index (χ4v) is 4.32. The number of piperidine rings is 1. The highest BCUT2D eigenvalue weighted by Gasteiger charge is 2.41. The van der Waals surface area contributed by atoms with Crippen molar-refractivity contribution in [2.45, 2.75) is 78.9 Å². The minimum Gasteiger partial charge on any atom is -0.476 e. The molecule has 36 heavy (non-hydrogen) atoms. The number of amides is 4. The Labute approximate surface area is 212 Å². The lowest BCUT2D eigenvalue weighted by Crippen LogP contribution is -2.54. The van der Waals surface area contributed by atoms with Crippen LogP contribution in [0.2, 0.25) is 0 Å². The van der Waals surface area contributed by atoms with E-state index in [9.17, 15) is 19.2 Å². The quantitative estimate of drug-likeness (QED) is 0.597. The second-order valence-corrected chi connectivity index (χ2v) is 10.0. The first-order chi connectivity index (χ1) is 17.0. The van der Waals surface area contributed by atoms with Crippen molar-refractivity contribution in [3.8, 4) is 5.75 Å². The average molecular weight is 503 g/mol. The summed E-state index contributed by atoms with van der Waals surface area (Å²) in [5, 5.41) is 3.87. The molecule has 198 valence electrons. The predicted octanol–water partition coefficient (Wildman–Crippen LogP) is 3.41. The van der Waals surface area contributed by atoms with Crippen molar-refractivity contribution < 1.29 is 28.8 Å². The third-order valence-electron chi connectivity index (χ3n) is 6.39. The molecule has 1 fully saturated rings. The Hall–Kier alpha value is -3.30. The molecule has 0 aromatic heterocycles. The Morgan fingerprint density at radius 2 is 1.83 bits per heavy atom. The molecule has 0 aliphatic carbocycles. The molecule has 10 nitrogen and oxygen atoms in total. The van der Waals surface area contributed by atoms with E-state index in [1.807, 2.05) is 0 Å². The normalized spacial score (nSPS) is 16.8. The van der Waals surface area contributed by atoms with Gasteiger partial charge >= 0.3 is 6.09 Å². The number of carbonyl (C=O) groups is 4. The smallest absolute Gasteiger partial charge is 0.434 e. The standard InChI is InChI=1S/C26H38N4O6/c1-7-22(31)27-11-14-29-20-16-19(18(4)15-21(20)35-26(5,6)24(29)33)23(32)30(17(2)3)36-25(34)28-12-9-8-10-13-28/h15-17H,7-14H2,1-6H3,(H,27,31). The number of likely N-dealkylation sites (tertiary alicyclic amines) is 1. The number of nitrogens with one attached hydrogen (secondary N) is 1. The van der Waals surface area contributed by atoms with Gasteiger partial charge in [0.25, 0.3) is 11.8 Å². The largest absolute Gasteiger partial charge is 0.476 e. The molecule has 1 saturated heterocycles. The topological polar surface area (TPSA) is 108 Å². The molecule has 0 bridgehead atoms. The molecule has 3 rings (SSSR count). The molecule has 10 heteroatoms. The summed E-state index contributed by atoms with van der Waals surface area (Å²) in [4.78, 5) is 59.9. The van der Waals surface area contributed by atoms with E-state index in [0.29, 0.717) is 42.1 Å². The molecule has 2 aliphatic rings. The van der Waals surface area contributed by atoms with Crippen molar-refractivity contribution in [1.82, 2.24) is 15.3 Å². The molecule has 0 saturated carbocycles. The Kier molecular flexibility index (Phi) is 8.47. The van der Waals surface area contributed by atoms with Gasteiger partial charge in [0.1, 0.15) is 5.75 Å². The average Bonchev–Trinajstić information content (AvgIpc) is 2.84. The molecule has 1 N–H and O–H groups in total. The fraction of sp³-hybridized carbons (Fsp3) is 0.615. The number of hydrogen-bond acceptors (Lipinski definition) is 6. The number of benzene rings is 1. The van der Waals surface area contributed by atoms with Crippen LogP contribution in [0.1, 0.15) is 76.2 Å². The summed E-state index contributed by atoms with van der Waals surface area (Å²) in [6, 6.07) is 2.92. The lowest BCUT2D eigenvalue weighted by Gasteiger charge is -2.39. The van der Waals surface area contributed by atoms with Gasteiger partial charge in [0.2, 0.25) is 5.91 Å². The van der Waals surface area contributed by atoms with E-state index in [1.165, 1.54) is 4.90 Å². The zero-order chi connectivity index (χ0) is 26.6. The maximum Gasteiger partial charge on any atom is 0.434 e. The molecule has 0 spiro atoms. The Balaban J connectivity index is 1.90. The van der Waals surface area contributed by atoms with Crippen molar-refractivity contribution >= 4 is 29.5 Å². The van der Waals surface area contributed by atoms with Gasteiger partial charge in [-0.15, -0.1) is 0 Å². The number of anilines is 1. The van der Waals surface area contributed by atoms with Crippen LogP contribution in [0.3, 0.4) is 0 Å². The van der Waals surface area contributed by atoms with Crippen LogP contribution in [-0.2, 0) is 14.4 Å². The van der Waals surface area contributed by atoms with E-state index >= 15 is 0 Å². The van der Waals surface area contributed by atoms with Gasteiger partial charge in [0, 0.05) is 38.2 Å². The Morgan fingerprint density at radius 3 is 2.44 bits per heavy atom. The maximum atomic E-state index is 13.6. The number of nitrogens with zero attached hydrogens (tertiary/aromatic N) is 3. The van der Waals surface area contributed by atoms with Crippen molar-refractivity contribution in [2.24, 2.45) is 0 Å². The monoisotopic (exact) mass is 502 g/mol. The van der Waals surface area contributed by atoms with Crippen molar-refractivity contribution in [2.75, 3.05) is 31.1 Å². The number of rotatable bonds is 6. The van der Waals surface area contributed by atoms with Crippen LogP contribution in [0.15, 0.2) is 12.1 Å². The first kappa shape index (κ1) is 27.3. The minimum absolute atomic E-state index is 0.113. The molecule has 0 atom stereocenters. The van der Waals surface area contributed by atoms with E-state index in [2.05, 4.69) is 5.32 Å². The van der Waals surface area contributed by atoms with Crippen molar-refractivity contribution in [3.05, 3.63) is 23.3 Å². The third-order valence-corrected chi connectivity index (χ3v) is 6.39. The van der Waals surface area contributed by atoms with E-state index in [1.54, 1.807) is 58.6 Å². The highest BCUT2D eigenvalue weighted by Crippen LogP contribution is 2.40. The van der Waals surface area contributed by atoms with Gasteiger partial charge in [0.15, 0.2) is 5.60 Å². The van der Waals surface area contributed by atoms with Crippen molar-refractivity contribution in [3.63, 3.8) is 0 Å². The number of hydrogen-bond donors (Lipinski definition) is 1. The predicted molar refractivity (Wildman–Crippen MR) is 135 cm³/mol. The number of fused-ring (bicyclic) bond motifs is 1. The molecule has 4 amide bonds. The Morgan fingerprint density at radius 1 is 1.17 bits per heavy atom. The number of carbonyl (C=O) groups excluding carboxylic acids is 4. The molecule has 1 aromatic rings. The van der Waals surface area contributed by atoms with E-state index in [4.69, 9.17) is 9.57 Å². The van der Waals surface area contributed by atoms with Gasteiger partial charge in [-0.2, -0.15) is 5.06 Å². The van der Waals surface area contributed by atoms with Crippen LogP contribution < -0.4 is 15.0 Å². The fourth-order valence-electron chi connectivity index (χ4n) is 4.32. The first-order valence-electron chi connectivity index (χ1n) is 12.7. The summed E-state index contributed by atoms with van der Waals surface area (Å²) in [6.07, 6.45) is 2.70. The molecule has 0 unspecified atom stereocenters. The number of hydroxylamine groups is 2. The summed E-state index contributed by atoms with van der Waals surface area (Å²) < 4.78 is 5.98. The first-order valence-corrected chi connectivity index (χ1v) is 12.7. The van der Waals surface area contributed by atoms with Gasteiger partial charge in [-0.05, 0) is 71.6 Å². The van der Waals surface area contributed by atoms with Crippen LogP contribution in [0.5, 0.6) is 5.75 Å². The zero-order valence-electron chi connectivity index (χ0n) is 22.2. The minimum atomic E-state index is -1.10. The second kappa shape index (κ2) is 11.2. The van der Waals surface area contributed by atoms with E-state index in [-0.39, 0.29) is 24.9 Å². The maximum absolute atomic E-state index is 13.6. The zero-order valence-corrected chi connectivity index (χ0v) is 22.2. The highest BCUT2D eigenvalue weighted by atomic mass is 16.7. The van der Waals surface area contributed by atoms with Gasteiger partial charge in [0.05, 0.1) is 11.7 Å². The van der Waals surface area contributed by atoms with E-state index < -0.39 is 23.6 Å². The van der Waals surface area contributed by atoms with Gasteiger partial charge in [-0.25, -0.2) is 4.79 Å². The number of ether oxygens (including phenoxy) is 1. The molecular formula is C26H38N4O6. The van der Waals surface area contributed by atoms with Gasteiger partial charge in [-0.3, -0.25) is 14.4 Å². The number of aryl methyl sites for hydroxylation is 1. The summed E-state index contributed by atoms with van der Waals surface area (Å²) in [6.45, 7) is 12.1. The summed E-state index contributed by atoms with van der Waals surface area (Å²) in [7, 11) is 0. The van der Waals surface area contributed by atoms with Gasteiger partial charge in [-0.1, -0.05) is 6.92 Å². The van der Waals surface area contributed by atoms with E-state index in [0.717, 1.165) is 24.3 Å². The highest BCUT2D eigenvalue weighted by molar-refractivity contribution is 6.05. The molecular weight excluding hydrogens is 464 g/mol. The van der Waals surface area contributed by atoms with Crippen LogP contribution >= 0.6 is 0 Å². The van der Waals surface area contributed by atoms with Gasteiger partial charge < -0.3 is 24.7 Å². The summed E-state index contributed by atoms with van der Waals surface area (Å²) in [5.74, 6) is -0.401. The lowest BCUT2D eigenvalue weighted by molar-refractivity contribution is -0.132. The second-order valence-electron chi connectivity index (χ2n) is 10.0. The summed E-state index contributed by atoms with van der Waals surface area (Å²) in [5.41, 5.74) is 0.258. The van der Waals surface area contributed by atoms with Crippen LogP contribution in [-0.4, -0.2) is 71.6 Å². The van der Waals surface area contributed by atoms with Crippen LogP contribution in [0.25, 0.3) is 0 Å². The Bertz CT molecular complexity index is 1020. The summed E-state index contributed by atoms with van der Waals surface area (Å²) >= 11 is 0. The molecule has 2 heterocycles. The molecule has 2 aliphatic heterocycles. The lowest BCUT2D eigenvalue weighted by atomic mass is 9.99. The van der Waals surface area contributed by atoms with Crippen LogP contribution in [0.4, 0.5) is 10.5 Å². The van der Waals surface area contributed by atoms with Crippen molar-refractivity contribution in [1.29, 1.82) is 0 Å². The SMILES string of the molecule is CCC(=O)NCCN1C(=O)C(C)(C)Oc2cc(C)c(C(=O)N(OC(=O)N3CCCCC3)C(C)C)cc21. The molecule has 0 radical (unpaired) electrons. The third kappa shape index (κ3) is 5.91. The van der Waals surface area contributed by atoms with Crippen LogP contribution in [0, 0.1) is 6.92 Å².